The standard InChI is InChI=1S/C22H32N4O3/c1-4-25(2)15-18-7-5-6-17(12-18)13-23-22(27)20-8-10-29-21(20)19-14-24-26(16-19)9-11-28-3/h5-7,12,14,16,20-21H,4,8-11,13,15H2,1-3H3,(H,23,27)/t20-,21+/m0/s1. The molecule has 0 saturated carbocycles. The Labute approximate surface area is 173 Å². The van der Waals surface area contributed by atoms with E-state index in [9.17, 15) is 4.79 Å². The Morgan fingerprint density at radius 3 is 3.03 bits per heavy atom. The number of nitrogens with zero attached hydrogens (tertiary/aromatic N) is 3. The molecular formula is C22H32N4O3. The van der Waals surface area contributed by atoms with Crippen molar-refractivity contribution in [1.82, 2.24) is 20.0 Å². The molecule has 1 saturated heterocycles. The third kappa shape index (κ3) is 5.88. The maximum absolute atomic E-state index is 12.8. The van der Waals surface area contributed by atoms with Gasteiger partial charge in [-0.2, -0.15) is 5.10 Å². The molecule has 1 N–H and O–H groups in total. The zero-order chi connectivity index (χ0) is 20.6. The van der Waals surface area contributed by atoms with Crippen molar-refractivity contribution in [2.45, 2.75) is 39.1 Å². The number of benzene rings is 1. The van der Waals surface area contributed by atoms with Gasteiger partial charge in [0.15, 0.2) is 0 Å². The Kier molecular flexibility index (Phi) is 7.80. The molecule has 7 nitrogen and oxygen atoms in total. The van der Waals surface area contributed by atoms with Crippen LogP contribution in [0.1, 0.15) is 36.1 Å². The van der Waals surface area contributed by atoms with Gasteiger partial charge in [-0.3, -0.25) is 9.48 Å². The van der Waals surface area contributed by atoms with Crippen LogP contribution in [0.15, 0.2) is 36.7 Å². The smallest absolute Gasteiger partial charge is 0.226 e. The second-order valence-corrected chi connectivity index (χ2v) is 7.58. The number of amides is 1. The van der Waals surface area contributed by atoms with E-state index in [1.54, 1.807) is 13.3 Å². The number of methoxy groups -OCH3 is 1. The summed E-state index contributed by atoms with van der Waals surface area (Å²) in [6, 6.07) is 8.39. The normalized spacial score (nSPS) is 19.0. The molecule has 1 amide bonds. The molecule has 2 atom stereocenters. The van der Waals surface area contributed by atoms with Gasteiger partial charge in [0.1, 0.15) is 0 Å². The van der Waals surface area contributed by atoms with Crippen molar-refractivity contribution in [2.24, 2.45) is 5.92 Å². The van der Waals surface area contributed by atoms with E-state index in [1.165, 1.54) is 5.56 Å². The first-order chi connectivity index (χ1) is 14.1. The van der Waals surface area contributed by atoms with Gasteiger partial charge in [-0.05, 0) is 31.1 Å². The molecule has 0 unspecified atom stereocenters. The van der Waals surface area contributed by atoms with E-state index in [0.29, 0.717) is 26.3 Å². The minimum atomic E-state index is -0.240. The summed E-state index contributed by atoms with van der Waals surface area (Å²) in [5.41, 5.74) is 3.32. The molecular weight excluding hydrogens is 368 g/mol. The van der Waals surface area contributed by atoms with Gasteiger partial charge in [0.2, 0.25) is 5.91 Å². The van der Waals surface area contributed by atoms with E-state index in [1.807, 2.05) is 10.9 Å². The lowest BCUT2D eigenvalue weighted by Crippen LogP contribution is -2.32. The van der Waals surface area contributed by atoms with Crippen LogP contribution in [0.4, 0.5) is 0 Å². The van der Waals surface area contributed by atoms with Crippen LogP contribution in [-0.2, 0) is 33.9 Å². The average molecular weight is 401 g/mol. The van der Waals surface area contributed by atoms with Gasteiger partial charge in [0.25, 0.3) is 0 Å². The van der Waals surface area contributed by atoms with Crippen molar-refractivity contribution >= 4 is 5.91 Å². The summed E-state index contributed by atoms with van der Waals surface area (Å²) >= 11 is 0. The van der Waals surface area contributed by atoms with Crippen LogP contribution < -0.4 is 5.32 Å². The fourth-order valence-electron chi connectivity index (χ4n) is 3.60. The van der Waals surface area contributed by atoms with Crippen molar-refractivity contribution in [3.8, 4) is 0 Å². The highest BCUT2D eigenvalue weighted by Gasteiger charge is 2.35. The highest BCUT2D eigenvalue weighted by atomic mass is 16.5. The first-order valence-electron chi connectivity index (χ1n) is 10.3. The number of ether oxygens (including phenoxy) is 2. The summed E-state index contributed by atoms with van der Waals surface area (Å²) in [6.45, 7) is 6.46. The topological polar surface area (TPSA) is 68.6 Å². The Morgan fingerprint density at radius 2 is 2.24 bits per heavy atom. The maximum atomic E-state index is 12.8. The van der Waals surface area contributed by atoms with Crippen molar-refractivity contribution in [3.63, 3.8) is 0 Å². The lowest BCUT2D eigenvalue weighted by atomic mass is 9.96. The zero-order valence-corrected chi connectivity index (χ0v) is 17.6. The molecule has 0 aliphatic carbocycles. The van der Waals surface area contributed by atoms with Crippen LogP contribution >= 0.6 is 0 Å². The number of aromatic nitrogens is 2. The molecule has 1 aliphatic rings. The maximum Gasteiger partial charge on any atom is 0.226 e. The monoisotopic (exact) mass is 400 g/mol. The molecule has 0 spiro atoms. The number of rotatable bonds is 10. The molecule has 29 heavy (non-hydrogen) atoms. The van der Waals surface area contributed by atoms with Gasteiger partial charge in [0, 0.05) is 38.6 Å². The van der Waals surface area contributed by atoms with Gasteiger partial charge in [0.05, 0.1) is 31.4 Å². The lowest BCUT2D eigenvalue weighted by Gasteiger charge is -2.18. The first kappa shape index (κ1) is 21.5. The minimum Gasteiger partial charge on any atom is -0.383 e. The van der Waals surface area contributed by atoms with E-state index in [0.717, 1.165) is 30.6 Å². The molecule has 0 bridgehead atoms. The molecule has 1 aromatic carbocycles. The first-order valence-corrected chi connectivity index (χ1v) is 10.3. The molecule has 7 heteroatoms. The molecule has 0 radical (unpaired) electrons. The Morgan fingerprint density at radius 1 is 1.41 bits per heavy atom. The van der Waals surface area contributed by atoms with Gasteiger partial charge in [-0.25, -0.2) is 0 Å². The number of nitrogens with one attached hydrogen (secondary N) is 1. The number of hydrogen-bond donors (Lipinski definition) is 1. The number of carbonyl (C=O) groups excluding carboxylic acids is 1. The van der Waals surface area contributed by atoms with Crippen molar-refractivity contribution in [2.75, 3.05) is 33.9 Å². The molecule has 3 rings (SSSR count). The van der Waals surface area contributed by atoms with E-state index in [4.69, 9.17) is 9.47 Å². The van der Waals surface area contributed by atoms with E-state index >= 15 is 0 Å². The third-order valence-corrected chi connectivity index (χ3v) is 5.39. The zero-order valence-electron chi connectivity index (χ0n) is 17.6. The fraction of sp³-hybridized carbons (Fsp3) is 0.545. The Balaban J connectivity index is 1.57. The summed E-state index contributed by atoms with van der Waals surface area (Å²) in [7, 11) is 3.77. The molecule has 1 aromatic heterocycles. The lowest BCUT2D eigenvalue weighted by molar-refractivity contribution is -0.126. The molecule has 2 aromatic rings. The number of carbonyl (C=O) groups is 1. The van der Waals surface area contributed by atoms with Gasteiger partial charge < -0.3 is 19.7 Å². The van der Waals surface area contributed by atoms with Crippen LogP contribution in [-0.4, -0.2) is 54.5 Å². The largest absolute Gasteiger partial charge is 0.383 e. The van der Waals surface area contributed by atoms with Gasteiger partial charge in [-0.1, -0.05) is 31.2 Å². The average Bonchev–Trinajstić information content (AvgIpc) is 3.40. The van der Waals surface area contributed by atoms with Crippen LogP contribution in [0.25, 0.3) is 0 Å². The van der Waals surface area contributed by atoms with Crippen LogP contribution in [0, 0.1) is 5.92 Å². The van der Waals surface area contributed by atoms with Crippen LogP contribution in [0.3, 0.4) is 0 Å². The van der Waals surface area contributed by atoms with Crippen molar-refractivity contribution in [3.05, 3.63) is 53.3 Å². The summed E-state index contributed by atoms with van der Waals surface area (Å²) < 4.78 is 12.8. The predicted molar refractivity (Wildman–Crippen MR) is 111 cm³/mol. The van der Waals surface area contributed by atoms with Gasteiger partial charge >= 0.3 is 0 Å². The SMILES string of the molecule is CCN(C)Cc1cccc(CNC(=O)[C@H]2CCO[C@@H]2c2cnn(CCOC)c2)c1. The van der Waals surface area contributed by atoms with E-state index < -0.39 is 0 Å². The van der Waals surface area contributed by atoms with E-state index in [-0.39, 0.29) is 17.9 Å². The number of hydrogen-bond acceptors (Lipinski definition) is 5. The highest BCUT2D eigenvalue weighted by Crippen LogP contribution is 2.34. The quantitative estimate of drug-likeness (QED) is 0.663. The molecule has 158 valence electrons. The second kappa shape index (κ2) is 10.5. The Hall–Kier alpha value is -2.22. The predicted octanol–water partition coefficient (Wildman–Crippen LogP) is 2.38. The molecule has 1 fully saturated rings. The van der Waals surface area contributed by atoms with E-state index in [2.05, 4.69) is 53.6 Å². The molecule has 1 aliphatic heterocycles. The Bertz CT molecular complexity index is 792. The highest BCUT2D eigenvalue weighted by molar-refractivity contribution is 5.79. The summed E-state index contributed by atoms with van der Waals surface area (Å²) in [5, 5.41) is 7.44. The third-order valence-electron chi connectivity index (χ3n) is 5.39. The molecule has 2 heterocycles. The summed E-state index contributed by atoms with van der Waals surface area (Å²) in [5.74, 6) is -0.155. The van der Waals surface area contributed by atoms with Crippen molar-refractivity contribution < 1.29 is 14.3 Å². The van der Waals surface area contributed by atoms with Crippen molar-refractivity contribution in [1.29, 1.82) is 0 Å². The second-order valence-electron chi connectivity index (χ2n) is 7.58. The summed E-state index contributed by atoms with van der Waals surface area (Å²) in [6.07, 6.45) is 4.22. The van der Waals surface area contributed by atoms with Crippen LogP contribution in [0.5, 0.6) is 0 Å². The van der Waals surface area contributed by atoms with Crippen LogP contribution in [0.2, 0.25) is 0 Å². The minimum absolute atomic E-state index is 0.0354. The van der Waals surface area contributed by atoms with Gasteiger partial charge in [-0.15, -0.1) is 0 Å². The fourth-order valence-corrected chi connectivity index (χ4v) is 3.60. The summed E-state index contributed by atoms with van der Waals surface area (Å²) in [4.78, 5) is 15.1.